The van der Waals surface area contributed by atoms with Gasteiger partial charge < -0.3 is 5.32 Å². The Labute approximate surface area is 105 Å². The predicted molar refractivity (Wildman–Crippen MR) is 62.6 cm³/mol. The van der Waals surface area contributed by atoms with Crippen molar-refractivity contribution in [3.8, 4) is 0 Å². The van der Waals surface area contributed by atoms with Crippen molar-refractivity contribution in [2.75, 3.05) is 12.8 Å². The van der Waals surface area contributed by atoms with Crippen LogP contribution in [0.3, 0.4) is 0 Å². The van der Waals surface area contributed by atoms with Crippen molar-refractivity contribution in [1.82, 2.24) is 5.32 Å². The topological polar surface area (TPSA) is 46.2 Å². The second-order valence-corrected chi connectivity index (χ2v) is 5.15. The first kappa shape index (κ1) is 14.7. The molecule has 18 heavy (non-hydrogen) atoms. The van der Waals surface area contributed by atoms with Crippen LogP contribution in [-0.2, 0) is 16.6 Å². The molecule has 0 aliphatic heterocycles. The summed E-state index contributed by atoms with van der Waals surface area (Å²) in [4.78, 5) is 11.4. The van der Waals surface area contributed by atoms with Gasteiger partial charge in [0.15, 0.2) is 0 Å². The lowest BCUT2D eigenvalue weighted by molar-refractivity contribution is -0.123. The Hall–Kier alpha value is -1.37. The molecule has 0 aliphatic carbocycles. The third-order valence-electron chi connectivity index (χ3n) is 2.01. The number of carbonyl (C=O) groups is 1. The van der Waals surface area contributed by atoms with Crippen LogP contribution < -0.4 is 5.32 Å². The number of hydrogen-bond donors (Lipinski definition) is 1. The SMILES string of the molecule is C[S@](=O)Cc1cccc(C(=O)NCC(F)(F)F)c1. The highest BCUT2D eigenvalue weighted by atomic mass is 32.2. The molecule has 0 spiro atoms. The fourth-order valence-electron chi connectivity index (χ4n) is 1.32. The molecule has 0 bridgehead atoms. The van der Waals surface area contributed by atoms with E-state index in [2.05, 4.69) is 0 Å². The Balaban J connectivity index is 2.71. The van der Waals surface area contributed by atoms with Crippen LogP contribution in [0.1, 0.15) is 15.9 Å². The predicted octanol–water partition coefficient (Wildman–Crippen LogP) is 1.86. The molecule has 1 aromatic carbocycles. The average molecular weight is 279 g/mol. The van der Waals surface area contributed by atoms with Crippen LogP contribution in [0.4, 0.5) is 13.2 Å². The highest BCUT2D eigenvalue weighted by molar-refractivity contribution is 7.83. The fourth-order valence-corrected chi connectivity index (χ4v) is 1.97. The van der Waals surface area contributed by atoms with Gasteiger partial charge >= 0.3 is 6.18 Å². The summed E-state index contributed by atoms with van der Waals surface area (Å²) in [6.07, 6.45) is -2.92. The lowest BCUT2D eigenvalue weighted by Crippen LogP contribution is -2.33. The van der Waals surface area contributed by atoms with Gasteiger partial charge in [0.2, 0.25) is 0 Å². The lowest BCUT2D eigenvalue weighted by Gasteiger charge is -2.09. The molecule has 0 aromatic heterocycles. The second kappa shape index (κ2) is 5.99. The first-order valence-corrected chi connectivity index (χ1v) is 6.74. The van der Waals surface area contributed by atoms with Crippen molar-refractivity contribution in [1.29, 1.82) is 0 Å². The number of alkyl halides is 3. The van der Waals surface area contributed by atoms with Crippen molar-refractivity contribution in [3.63, 3.8) is 0 Å². The maximum atomic E-state index is 11.9. The van der Waals surface area contributed by atoms with Crippen molar-refractivity contribution in [2.24, 2.45) is 0 Å². The molecule has 1 rings (SSSR count). The second-order valence-electron chi connectivity index (χ2n) is 3.72. The standard InChI is InChI=1S/C11H12F3NO2S/c1-18(17)6-8-3-2-4-9(5-8)10(16)15-7-11(12,13)14/h2-5H,6-7H2,1H3,(H,15,16)/t18-/m0/s1. The van der Waals surface area contributed by atoms with Crippen molar-refractivity contribution >= 4 is 16.7 Å². The summed E-state index contributed by atoms with van der Waals surface area (Å²) in [5, 5.41) is 1.78. The molecule has 7 heteroatoms. The van der Waals surface area contributed by atoms with E-state index in [1.807, 2.05) is 0 Å². The summed E-state index contributed by atoms with van der Waals surface area (Å²) in [5.74, 6) is -0.531. The van der Waals surface area contributed by atoms with E-state index in [1.165, 1.54) is 18.4 Å². The quantitative estimate of drug-likeness (QED) is 0.914. The minimum atomic E-state index is -4.43. The van der Waals surface area contributed by atoms with Gasteiger partial charge in [0.25, 0.3) is 5.91 Å². The van der Waals surface area contributed by atoms with Crippen molar-refractivity contribution in [3.05, 3.63) is 35.4 Å². The van der Waals surface area contributed by atoms with Crippen LogP contribution in [0.5, 0.6) is 0 Å². The van der Waals surface area contributed by atoms with Crippen LogP contribution in [0.2, 0.25) is 0 Å². The molecular weight excluding hydrogens is 267 g/mol. The maximum absolute atomic E-state index is 11.9. The fraction of sp³-hybridized carbons (Fsp3) is 0.364. The highest BCUT2D eigenvalue weighted by Crippen LogP contribution is 2.13. The van der Waals surface area contributed by atoms with Gasteiger partial charge in [-0.3, -0.25) is 9.00 Å². The molecule has 1 aromatic rings. The van der Waals surface area contributed by atoms with Gasteiger partial charge in [0.05, 0.1) is 0 Å². The molecule has 0 saturated carbocycles. The maximum Gasteiger partial charge on any atom is 0.405 e. The van der Waals surface area contributed by atoms with E-state index in [1.54, 1.807) is 17.4 Å². The number of nitrogens with one attached hydrogen (secondary N) is 1. The van der Waals surface area contributed by atoms with Gasteiger partial charge in [0, 0.05) is 28.4 Å². The van der Waals surface area contributed by atoms with Gasteiger partial charge in [-0.15, -0.1) is 0 Å². The summed E-state index contributed by atoms with van der Waals surface area (Å²) in [6.45, 7) is -1.37. The Morgan fingerprint density at radius 1 is 1.39 bits per heavy atom. The molecule has 1 amide bonds. The number of benzene rings is 1. The summed E-state index contributed by atoms with van der Waals surface area (Å²) in [6, 6.07) is 6.06. The molecule has 100 valence electrons. The van der Waals surface area contributed by atoms with E-state index in [-0.39, 0.29) is 11.3 Å². The van der Waals surface area contributed by atoms with Gasteiger partial charge in [-0.2, -0.15) is 13.2 Å². The van der Waals surface area contributed by atoms with E-state index in [0.29, 0.717) is 5.56 Å². The van der Waals surface area contributed by atoms with Gasteiger partial charge in [-0.1, -0.05) is 12.1 Å². The number of amides is 1. The van der Waals surface area contributed by atoms with E-state index < -0.39 is 29.4 Å². The first-order valence-electron chi connectivity index (χ1n) is 5.02. The summed E-state index contributed by atoms with van der Waals surface area (Å²) in [7, 11) is -1.07. The minimum absolute atomic E-state index is 0.127. The third kappa shape index (κ3) is 5.31. The Bertz CT molecular complexity index is 460. The lowest BCUT2D eigenvalue weighted by atomic mass is 10.1. The zero-order chi connectivity index (χ0) is 13.8. The van der Waals surface area contributed by atoms with Gasteiger partial charge in [-0.05, 0) is 17.7 Å². The molecule has 0 radical (unpaired) electrons. The van der Waals surface area contributed by atoms with E-state index in [4.69, 9.17) is 0 Å². The molecule has 0 saturated heterocycles. The Morgan fingerprint density at radius 3 is 2.61 bits per heavy atom. The molecule has 0 fully saturated rings. The van der Waals surface area contributed by atoms with Crippen LogP contribution in [-0.4, -0.2) is 29.1 Å². The average Bonchev–Trinajstić information content (AvgIpc) is 2.24. The molecule has 0 unspecified atom stereocenters. The van der Waals surface area contributed by atoms with E-state index in [9.17, 15) is 22.2 Å². The molecule has 0 heterocycles. The first-order chi connectivity index (χ1) is 8.28. The van der Waals surface area contributed by atoms with Crippen LogP contribution in [0.25, 0.3) is 0 Å². The number of carbonyl (C=O) groups excluding carboxylic acids is 1. The number of hydrogen-bond acceptors (Lipinski definition) is 2. The van der Waals surface area contributed by atoms with Gasteiger partial charge in [-0.25, -0.2) is 0 Å². The van der Waals surface area contributed by atoms with Gasteiger partial charge in [0.1, 0.15) is 6.54 Å². The Kier molecular flexibility index (Phi) is 4.89. The number of rotatable bonds is 4. The molecule has 1 N–H and O–H groups in total. The van der Waals surface area contributed by atoms with Crippen LogP contribution >= 0.6 is 0 Å². The Morgan fingerprint density at radius 2 is 2.06 bits per heavy atom. The van der Waals surface area contributed by atoms with E-state index >= 15 is 0 Å². The largest absolute Gasteiger partial charge is 0.405 e. The van der Waals surface area contributed by atoms with Crippen molar-refractivity contribution in [2.45, 2.75) is 11.9 Å². The third-order valence-corrected chi connectivity index (χ3v) is 2.75. The molecular formula is C11H12F3NO2S. The smallest absolute Gasteiger partial charge is 0.343 e. The van der Waals surface area contributed by atoms with Crippen molar-refractivity contribution < 1.29 is 22.2 Å². The zero-order valence-electron chi connectivity index (χ0n) is 9.58. The van der Waals surface area contributed by atoms with Crippen LogP contribution in [0, 0.1) is 0 Å². The number of halogens is 3. The molecule has 1 atom stereocenters. The highest BCUT2D eigenvalue weighted by Gasteiger charge is 2.27. The summed E-state index contributed by atoms with van der Waals surface area (Å²) < 4.78 is 46.8. The molecule has 0 aliphatic rings. The van der Waals surface area contributed by atoms with E-state index in [0.717, 1.165) is 0 Å². The minimum Gasteiger partial charge on any atom is -0.343 e. The zero-order valence-corrected chi connectivity index (χ0v) is 10.4. The normalized spacial score (nSPS) is 13.1. The summed E-state index contributed by atoms with van der Waals surface area (Å²) in [5.41, 5.74) is 0.776. The monoisotopic (exact) mass is 279 g/mol. The molecule has 3 nitrogen and oxygen atoms in total. The summed E-state index contributed by atoms with van der Waals surface area (Å²) >= 11 is 0. The van der Waals surface area contributed by atoms with Crippen LogP contribution in [0.15, 0.2) is 24.3 Å².